The molecule has 0 aliphatic heterocycles. The smallest absolute Gasteiger partial charge is 0.260 e. The monoisotopic (exact) mass is 281 g/mol. The maximum absolute atomic E-state index is 5.63. The Balaban J connectivity index is 1.84. The van der Waals surface area contributed by atoms with Crippen molar-refractivity contribution < 1.29 is 14.2 Å². The molecule has 0 spiro atoms. The van der Waals surface area contributed by atoms with Crippen molar-refractivity contribution in [3.63, 3.8) is 0 Å². The van der Waals surface area contributed by atoms with E-state index in [-0.39, 0.29) is 0 Å². The number of imidazole rings is 1. The zero-order chi connectivity index (χ0) is 14.2. The summed E-state index contributed by atoms with van der Waals surface area (Å²) in [4.78, 5) is 8.43. The molecule has 2 rings (SSSR count). The number of nitrogens with zero attached hydrogens (tertiary/aromatic N) is 3. The number of anilines is 1. The first-order chi connectivity index (χ1) is 9.85. The summed E-state index contributed by atoms with van der Waals surface area (Å²) in [6.45, 7) is 2.30. The van der Waals surface area contributed by atoms with Gasteiger partial charge in [-0.15, -0.1) is 0 Å². The number of nitrogen functional groups attached to an aromatic ring is 1. The van der Waals surface area contributed by atoms with Crippen molar-refractivity contribution in [1.82, 2.24) is 14.4 Å². The van der Waals surface area contributed by atoms with Gasteiger partial charge in [0.1, 0.15) is 0 Å². The molecule has 0 aromatic carbocycles. The third-order valence-corrected chi connectivity index (χ3v) is 2.59. The minimum atomic E-state index is 0.447. The molecule has 0 aliphatic rings. The van der Waals surface area contributed by atoms with Crippen LogP contribution >= 0.6 is 0 Å². The lowest BCUT2D eigenvalue weighted by molar-refractivity contribution is 0.0642. The van der Waals surface area contributed by atoms with Crippen molar-refractivity contribution in [3.8, 4) is 5.88 Å². The minimum absolute atomic E-state index is 0.447. The van der Waals surface area contributed by atoms with E-state index in [1.807, 2.05) is 0 Å². The number of nitrogens with two attached hydrogens (primary N) is 1. The first-order valence-electron chi connectivity index (χ1n) is 6.35. The summed E-state index contributed by atoms with van der Waals surface area (Å²) in [6.07, 6.45) is 5.98. The SMILES string of the molecule is COCCOCCCOc1nc(NN)cn2ccnc12. The quantitative estimate of drug-likeness (QED) is 0.391. The fourth-order valence-electron chi connectivity index (χ4n) is 1.64. The van der Waals surface area contributed by atoms with Crippen LogP contribution in [0.2, 0.25) is 0 Å². The normalized spacial score (nSPS) is 10.9. The number of hydrazine groups is 1. The van der Waals surface area contributed by atoms with Crippen molar-refractivity contribution in [2.45, 2.75) is 6.42 Å². The summed E-state index contributed by atoms with van der Waals surface area (Å²) in [5, 5.41) is 0. The largest absolute Gasteiger partial charge is 0.475 e. The summed E-state index contributed by atoms with van der Waals surface area (Å²) in [5.74, 6) is 6.33. The van der Waals surface area contributed by atoms with Crippen LogP contribution in [-0.4, -0.2) is 47.9 Å². The predicted molar refractivity (Wildman–Crippen MR) is 73.6 cm³/mol. The minimum Gasteiger partial charge on any atom is -0.475 e. The first-order valence-corrected chi connectivity index (χ1v) is 6.35. The molecule has 8 nitrogen and oxygen atoms in total. The highest BCUT2D eigenvalue weighted by Crippen LogP contribution is 2.18. The molecule has 0 radical (unpaired) electrons. The molecule has 3 N–H and O–H groups in total. The van der Waals surface area contributed by atoms with E-state index >= 15 is 0 Å². The van der Waals surface area contributed by atoms with Crippen LogP contribution in [0.1, 0.15) is 6.42 Å². The van der Waals surface area contributed by atoms with Crippen LogP contribution in [0.5, 0.6) is 5.88 Å². The maximum atomic E-state index is 5.63. The summed E-state index contributed by atoms with van der Waals surface area (Å²) in [5.41, 5.74) is 3.15. The number of rotatable bonds is 9. The molecule has 2 aromatic heterocycles. The second-order valence-electron chi connectivity index (χ2n) is 4.04. The van der Waals surface area contributed by atoms with E-state index in [2.05, 4.69) is 15.4 Å². The molecule has 2 heterocycles. The first kappa shape index (κ1) is 14.5. The van der Waals surface area contributed by atoms with Crippen LogP contribution in [0.4, 0.5) is 5.82 Å². The Kier molecular flexibility index (Phi) is 5.54. The third-order valence-electron chi connectivity index (χ3n) is 2.59. The Morgan fingerprint density at radius 2 is 2.20 bits per heavy atom. The lowest BCUT2D eigenvalue weighted by Gasteiger charge is -2.09. The maximum Gasteiger partial charge on any atom is 0.260 e. The fourth-order valence-corrected chi connectivity index (χ4v) is 1.64. The molecule has 0 fully saturated rings. The Labute approximate surface area is 116 Å². The average molecular weight is 281 g/mol. The fraction of sp³-hybridized carbons (Fsp3) is 0.500. The Bertz CT molecular complexity index is 531. The van der Waals surface area contributed by atoms with Gasteiger partial charge in [-0.2, -0.15) is 4.98 Å². The zero-order valence-corrected chi connectivity index (χ0v) is 11.4. The lowest BCUT2D eigenvalue weighted by Crippen LogP contribution is -2.12. The van der Waals surface area contributed by atoms with E-state index in [4.69, 9.17) is 20.1 Å². The molecular formula is C12H19N5O3. The molecule has 0 bridgehead atoms. The molecule has 0 amide bonds. The van der Waals surface area contributed by atoms with Gasteiger partial charge in [0.15, 0.2) is 5.82 Å². The van der Waals surface area contributed by atoms with Crippen LogP contribution in [0, 0.1) is 0 Å². The Hall–Kier alpha value is -1.90. The molecule has 8 heteroatoms. The van der Waals surface area contributed by atoms with E-state index < -0.39 is 0 Å². The predicted octanol–water partition coefficient (Wildman–Crippen LogP) is 0.447. The number of hydrogen-bond donors (Lipinski definition) is 2. The molecule has 110 valence electrons. The number of ether oxygens (including phenoxy) is 3. The van der Waals surface area contributed by atoms with E-state index in [1.165, 1.54) is 0 Å². The standard InChI is InChI=1S/C12H19N5O3/c1-18-7-8-19-5-2-6-20-12-11-14-3-4-17(11)9-10(15-12)16-13/h3-4,9,16H,2,5-8,13H2,1H3. The van der Waals surface area contributed by atoms with Gasteiger partial charge in [0.05, 0.1) is 26.0 Å². The highest BCUT2D eigenvalue weighted by molar-refractivity contribution is 5.53. The average Bonchev–Trinajstić information content (AvgIpc) is 2.94. The Morgan fingerprint density at radius 3 is 3.00 bits per heavy atom. The van der Waals surface area contributed by atoms with Crippen LogP contribution in [0.25, 0.3) is 5.65 Å². The van der Waals surface area contributed by atoms with Crippen molar-refractivity contribution in [2.75, 3.05) is 39.0 Å². The van der Waals surface area contributed by atoms with Crippen molar-refractivity contribution >= 4 is 11.5 Å². The number of fused-ring (bicyclic) bond motifs is 1. The molecule has 0 saturated carbocycles. The molecule has 2 aromatic rings. The van der Waals surface area contributed by atoms with Gasteiger partial charge in [0, 0.05) is 32.5 Å². The highest BCUT2D eigenvalue weighted by Gasteiger charge is 2.08. The molecule has 0 unspecified atom stereocenters. The van der Waals surface area contributed by atoms with Gasteiger partial charge in [-0.25, -0.2) is 10.8 Å². The van der Waals surface area contributed by atoms with E-state index in [0.717, 1.165) is 6.42 Å². The summed E-state index contributed by atoms with van der Waals surface area (Å²) >= 11 is 0. The topological polar surface area (TPSA) is 95.9 Å². The summed E-state index contributed by atoms with van der Waals surface area (Å²) in [7, 11) is 1.65. The molecule has 20 heavy (non-hydrogen) atoms. The molecule has 0 atom stereocenters. The van der Waals surface area contributed by atoms with Gasteiger partial charge in [-0.1, -0.05) is 0 Å². The highest BCUT2D eigenvalue weighted by atomic mass is 16.5. The number of hydrogen-bond acceptors (Lipinski definition) is 7. The molecule has 0 saturated heterocycles. The molecule has 0 aliphatic carbocycles. The summed E-state index contributed by atoms with van der Waals surface area (Å²) in [6, 6.07) is 0. The van der Waals surface area contributed by atoms with Gasteiger partial charge in [-0.3, -0.25) is 4.40 Å². The second-order valence-corrected chi connectivity index (χ2v) is 4.04. The van der Waals surface area contributed by atoms with Gasteiger partial charge >= 0.3 is 0 Å². The lowest BCUT2D eigenvalue weighted by atomic mass is 10.5. The van der Waals surface area contributed by atoms with Gasteiger partial charge in [0.25, 0.3) is 5.88 Å². The van der Waals surface area contributed by atoms with Crippen molar-refractivity contribution in [2.24, 2.45) is 5.84 Å². The van der Waals surface area contributed by atoms with E-state index in [9.17, 15) is 0 Å². The number of nitrogens with one attached hydrogen (secondary N) is 1. The van der Waals surface area contributed by atoms with Gasteiger partial charge in [-0.05, 0) is 0 Å². The summed E-state index contributed by atoms with van der Waals surface area (Å²) < 4.78 is 17.7. The van der Waals surface area contributed by atoms with Crippen LogP contribution in [0.3, 0.4) is 0 Å². The third kappa shape index (κ3) is 3.80. The van der Waals surface area contributed by atoms with Gasteiger partial charge < -0.3 is 19.6 Å². The van der Waals surface area contributed by atoms with Crippen LogP contribution < -0.4 is 16.0 Å². The number of aromatic nitrogens is 3. The van der Waals surface area contributed by atoms with E-state index in [1.54, 1.807) is 30.1 Å². The van der Waals surface area contributed by atoms with Crippen molar-refractivity contribution in [3.05, 3.63) is 18.6 Å². The van der Waals surface area contributed by atoms with Crippen molar-refractivity contribution in [1.29, 1.82) is 0 Å². The van der Waals surface area contributed by atoms with Gasteiger partial charge in [0.2, 0.25) is 5.65 Å². The van der Waals surface area contributed by atoms with E-state index in [0.29, 0.717) is 43.8 Å². The van der Waals surface area contributed by atoms with Crippen LogP contribution in [-0.2, 0) is 9.47 Å². The Morgan fingerprint density at radius 1 is 1.30 bits per heavy atom. The molecular weight excluding hydrogens is 262 g/mol. The zero-order valence-electron chi connectivity index (χ0n) is 11.4. The number of methoxy groups -OCH3 is 1. The second kappa shape index (κ2) is 7.63. The van der Waals surface area contributed by atoms with Crippen LogP contribution in [0.15, 0.2) is 18.6 Å².